The van der Waals surface area contributed by atoms with Crippen LogP contribution >= 0.6 is 0 Å². The zero-order valence-electron chi connectivity index (χ0n) is 14.2. The highest BCUT2D eigenvalue weighted by molar-refractivity contribution is 5.89. The minimum Gasteiger partial charge on any atom is -0.370 e. The molecule has 0 saturated carbocycles. The Morgan fingerprint density at radius 3 is 2.72 bits per heavy atom. The van der Waals surface area contributed by atoms with Crippen molar-refractivity contribution in [3.8, 4) is 5.69 Å². The van der Waals surface area contributed by atoms with Gasteiger partial charge in [-0.15, -0.1) is 5.10 Å². The molecule has 0 aliphatic carbocycles. The molecule has 1 unspecified atom stereocenters. The molecule has 0 bridgehead atoms. The third-order valence-corrected chi connectivity index (χ3v) is 4.59. The minimum atomic E-state index is -0.00980. The Morgan fingerprint density at radius 1 is 1.12 bits per heavy atom. The Labute approximate surface area is 144 Å². The van der Waals surface area contributed by atoms with Crippen LogP contribution in [-0.4, -0.2) is 36.0 Å². The van der Waals surface area contributed by atoms with Crippen molar-refractivity contribution in [3.05, 3.63) is 47.7 Å². The molecule has 0 spiro atoms. The fourth-order valence-corrected chi connectivity index (χ4v) is 3.52. The van der Waals surface area contributed by atoms with Crippen LogP contribution in [0.5, 0.6) is 0 Å². The van der Waals surface area contributed by atoms with Crippen LogP contribution in [-0.2, 0) is 4.74 Å². The lowest BCUT2D eigenvalue weighted by molar-refractivity contribution is 0.105. The summed E-state index contributed by atoms with van der Waals surface area (Å²) in [6, 6.07) is 6.35. The second kappa shape index (κ2) is 5.35. The molecular weight excluding hydrogens is 316 g/mol. The van der Waals surface area contributed by atoms with Gasteiger partial charge >= 0.3 is 0 Å². The molecular formula is C18H18N6O. The maximum absolute atomic E-state index is 5.70. The SMILES string of the molecule is Cc1cc(C)cc(-n2ncc3c2ncn2nc(C4CCCO4)nc32)c1. The van der Waals surface area contributed by atoms with E-state index in [4.69, 9.17) is 9.72 Å². The predicted molar refractivity (Wildman–Crippen MR) is 92.8 cm³/mol. The second-order valence-corrected chi connectivity index (χ2v) is 6.62. The first kappa shape index (κ1) is 14.5. The summed E-state index contributed by atoms with van der Waals surface area (Å²) < 4.78 is 9.27. The van der Waals surface area contributed by atoms with E-state index in [1.165, 1.54) is 11.1 Å². The van der Waals surface area contributed by atoms with Crippen molar-refractivity contribution < 1.29 is 4.74 Å². The van der Waals surface area contributed by atoms with E-state index in [-0.39, 0.29) is 6.10 Å². The number of fused-ring (bicyclic) bond motifs is 3. The molecule has 0 radical (unpaired) electrons. The van der Waals surface area contributed by atoms with E-state index in [9.17, 15) is 0 Å². The lowest BCUT2D eigenvalue weighted by Crippen LogP contribution is -2.00. The van der Waals surface area contributed by atoms with Crippen LogP contribution in [0.1, 0.15) is 35.9 Å². The molecule has 126 valence electrons. The Morgan fingerprint density at radius 2 is 1.96 bits per heavy atom. The zero-order chi connectivity index (χ0) is 17.0. The van der Waals surface area contributed by atoms with Gasteiger partial charge in [-0.05, 0) is 49.9 Å². The first-order valence-corrected chi connectivity index (χ1v) is 8.48. The van der Waals surface area contributed by atoms with E-state index in [1.54, 1.807) is 10.8 Å². The number of aryl methyl sites for hydroxylation is 2. The molecule has 1 aliphatic rings. The van der Waals surface area contributed by atoms with Crippen molar-refractivity contribution in [1.82, 2.24) is 29.4 Å². The number of hydrogen-bond acceptors (Lipinski definition) is 5. The topological polar surface area (TPSA) is 70.1 Å². The summed E-state index contributed by atoms with van der Waals surface area (Å²) in [5, 5.41) is 9.97. The molecule has 0 amide bonds. The molecule has 1 aromatic carbocycles. The van der Waals surface area contributed by atoms with E-state index in [0.717, 1.165) is 47.6 Å². The maximum Gasteiger partial charge on any atom is 0.180 e. The molecule has 4 heterocycles. The standard InChI is InChI=1S/C18H18N6O/c1-11-6-12(2)8-13(7-11)24-17-14(9-20-24)18-21-16(15-4-3-5-25-15)22-23(18)10-19-17/h6-10,15H,3-5H2,1-2H3. The summed E-state index contributed by atoms with van der Waals surface area (Å²) in [7, 11) is 0. The summed E-state index contributed by atoms with van der Waals surface area (Å²) >= 11 is 0. The van der Waals surface area contributed by atoms with Crippen LogP contribution in [0, 0.1) is 13.8 Å². The summed E-state index contributed by atoms with van der Waals surface area (Å²) in [5.74, 6) is 0.728. The zero-order valence-corrected chi connectivity index (χ0v) is 14.2. The van der Waals surface area contributed by atoms with Crippen LogP contribution in [0.3, 0.4) is 0 Å². The fourth-order valence-electron chi connectivity index (χ4n) is 3.52. The van der Waals surface area contributed by atoms with Gasteiger partial charge < -0.3 is 4.74 Å². The average Bonchev–Trinajstić information content (AvgIpc) is 3.31. The predicted octanol–water partition coefficient (Wildman–Crippen LogP) is 2.93. The molecule has 5 rings (SSSR count). The van der Waals surface area contributed by atoms with E-state index < -0.39 is 0 Å². The monoisotopic (exact) mass is 334 g/mol. The van der Waals surface area contributed by atoms with E-state index >= 15 is 0 Å². The van der Waals surface area contributed by atoms with Gasteiger partial charge in [-0.2, -0.15) is 5.10 Å². The van der Waals surface area contributed by atoms with Gasteiger partial charge in [-0.1, -0.05) is 6.07 Å². The average molecular weight is 334 g/mol. The largest absolute Gasteiger partial charge is 0.370 e. The number of rotatable bonds is 2. The minimum absolute atomic E-state index is 0.00980. The highest BCUT2D eigenvalue weighted by Crippen LogP contribution is 2.28. The van der Waals surface area contributed by atoms with Gasteiger partial charge in [-0.25, -0.2) is 19.2 Å². The van der Waals surface area contributed by atoms with Crippen molar-refractivity contribution in [2.75, 3.05) is 6.61 Å². The quantitative estimate of drug-likeness (QED) is 0.564. The first-order valence-electron chi connectivity index (χ1n) is 8.48. The Bertz CT molecular complexity index is 1070. The lowest BCUT2D eigenvalue weighted by atomic mass is 10.1. The van der Waals surface area contributed by atoms with Crippen LogP contribution in [0.15, 0.2) is 30.7 Å². The molecule has 25 heavy (non-hydrogen) atoms. The van der Waals surface area contributed by atoms with Gasteiger partial charge in [0.05, 0.1) is 17.3 Å². The third kappa shape index (κ3) is 2.31. The highest BCUT2D eigenvalue weighted by Gasteiger charge is 2.23. The molecule has 7 heteroatoms. The lowest BCUT2D eigenvalue weighted by Gasteiger charge is -2.06. The molecule has 1 fully saturated rings. The van der Waals surface area contributed by atoms with Gasteiger partial charge in [0.2, 0.25) is 0 Å². The van der Waals surface area contributed by atoms with Crippen molar-refractivity contribution in [1.29, 1.82) is 0 Å². The number of ether oxygens (including phenoxy) is 1. The van der Waals surface area contributed by atoms with Crippen LogP contribution in [0.2, 0.25) is 0 Å². The van der Waals surface area contributed by atoms with Gasteiger partial charge in [0, 0.05) is 6.61 Å². The maximum atomic E-state index is 5.70. The smallest absolute Gasteiger partial charge is 0.180 e. The highest BCUT2D eigenvalue weighted by atomic mass is 16.5. The van der Waals surface area contributed by atoms with Crippen LogP contribution in [0.25, 0.3) is 22.4 Å². The van der Waals surface area contributed by atoms with Gasteiger partial charge in [0.15, 0.2) is 17.1 Å². The molecule has 1 saturated heterocycles. The van der Waals surface area contributed by atoms with Crippen molar-refractivity contribution in [3.63, 3.8) is 0 Å². The molecule has 0 N–H and O–H groups in total. The summed E-state index contributed by atoms with van der Waals surface area (Å²) in [6.45, 7) is 4.94. The molecule has 7 nitrogen and oxygen atoms in total. The third-order valence-electron chi connectivity index (χ3n) is 4.59. The number of benzene rings is 1. The van der Waals surface area contributed by atoms with Gasteiger partial charge in [-0.3, -0.25) is 0 Å². The van der Waals surface area contributed by atoms with Gasteiger partial charge in [0.25, 0.3) is 0 Å². The number of nitrogens with zero attached hydrogens (tertiary/aromatic N) is 6. The van der Waals surface area contributed by atoms with E-state index in [2.05, 4.69) is 47.2 Å². The molecule has 1 atom stereocenters. The first-order chi connectivity index (χ1) is 12.2. The molecule has 4 aromatic rings. The number of hydrogen-bond donors (Lipinski definition) is 0. The van der Waals surface area contributed by atoms with Crippen molar-refractivity contribution in [2.45, 2.75) is 32.8 Å². The van der Waals surface area contributed by atoms with Gasteiger partial charge in [0.1, 0.15) is 12.4 Å². The Kier molecular flexibility index (Phi) is 3.11. The normalized spacial score (nSPS) is 17.8. The van der Waals surface area contributed by atoms with Crippen molar-refractivity contribution >= 4 is 16.7 Å². The second-order valence-electron chi connectivity index (χ2n) is 6.62. The van der Waals surface area contributed by atoms with E-state index in [1.807, 2.05) is 10.9 Å². The summed E-state index contributed by atoms with van der Waals surface area (Å²) in [5.41, 5.74) is 4.95. The Balaban J connectivity index is 1.68. The van der Waals surface area contributed by atoms with Crippen molar-refractivity contribution in [2.24, 2.45) is 0 Å². The molecule has 3 aromatic heterocycles. The van der Waals surface area contributed by atoms with Crippen LogP contribution < -0.4 is 0 Å². The number of aromatic nitrogens is 6. The van der Waals surface area contributed by atoms with Crippen LogP contribution in [0.4, 0.5) is 0 Å². The van der Waals surface area contributed by atoms with E-state index in [0.29, 0.717) is 0 Å². The summed E-state index contributed by atoms with van der Waals surface area (Å²) in [6.07, 6.45) is 5.52. The Hall–Kier alpha value is -2.80. The fraction of sp³-hybridized carbons (Fsp3) is 0.333. The summed E-state index contributed by atoms with van der Waals surface area (Å²) in [4.78, 5) is 9.26. The molecule has 1 aliphatic heterocycles.